The van der Waals surface area contributed by atoms with E-state index in [2.05, 4.69) is 17.4 Å². The molecule has 1 amide bonds. The minimum Gasteiger partial charge on any atom is -0.497 e. The summed E-state index contributed by atoms with van der Waals surface area (Å²) in [6.07, 6.45) is 5.82. The van der Waals surface area contributed by atoms with Gasteiger partial charge in [-0.05, 0) is 50.3 Å². The maximum atomic E-state index is 12.9. The van der Waals surface area contributed by atoms with Crippen molar-refractivity contribution in [3.05, 3.63) is 29.8 Å². The van der Waals surface area contributed by atoms with Gasteiger partial charge in [-0.15, -0.1) is 0 Å². The number of nitrogens with one attached hydrogen (secondary N) is 1. The van der Waals surface area contributed by atoms with E-state index in [0.29, 0.717) is 6.54 Å². The summed E-state index contributed by atoms with van der Waals surface area (Å²) in [5.41, 5.74) is 7.17. The molecule has 144 valence electrons. The molecule has 1 aliphatic carbocycles. The number of amides is 1. The van der Waals surface area contributed by atoms with E-state index < -0.39 is 5.54 Å². The molecule has 5 heteroatoms. The first-order valence-corrected chi connectivity index (χ1v) is 9.76. The molecule has 2 aliphatic rings. The van der Waals surface area contributed by atoms with E-state index in [9.17, 15) is 4.79 Å². The van der Waals surface area contributed by atoms with Crippen LogP contribution in [-0.2, 0) is 14.9 Å². The van der Waals surface area contributed by atoms with Gasteiger partial charge in [0.2, 0.25) is 5.91 Å². The minimum absolute atomic E-state index is 0.0835. The van der Waals surface area contributed by atoms with Crippen molar-refractivity contribution in [1.82, 2.24) is 5.32 Å². The highest BCUT2D eigenvalue weighted by molar-refractivity contribution is 5.80. The fourth-order valence-electron chi connectivity index (χ4n) is 4.44. The van der Waals surface area contributed by atoms with Crippen LogP contribution >= 0.6 is 0 Å². The fraction of sp³-hybridized carbons (Fsp3) is 0.667. The predicted molar refractivity (Wildman–Crippen MR) is 102 cm³/mol. The van der Waals surface area contributed by atoms with Crippen molar-refractivity contribution in [3.63, 3.8) is 0 Å². The molecule has 3 N–H and O–H groups in total. The van der Waals surface area contributed by atoms with Crippen molar-refractivity contribution in [1.29, 1.82) is 0 Å². The molecule has 3 rings (SSSR count). The van der Waals surface area contributed by atoms with E-state index in [1.807, 2.05) is 19.1 Å². The first-order chi connectivity index (χ1) is 12.5. The maximum Gasteiger partial charge on any atom is 0.224 e. The quantitative estimate of drug-likeness (QED) is 0.847. The Balaban J connectivity index is 1.73. The standard InChI is InChI=1S/C21H32N2O3/c1-20(22)10-4-3-5-18(20)19(24)23-15-21(11-13-26-14-12-21)16-6-8-17(25-2)9-7-16/h6-9,18H,3-5,10-15,22H2,1-2H3,(H,23,24). The normalized spacial score (nSPS) is 28.3. The third-order valence-corrected chi connectivity index (χ3v) is 6.32. The average molecular weight is 360 g/mol. The van der Waals surface area contributed by atoms with Gasteiger partial charge < -0.3 is 20.5 Å². The van der Waals surface area contributed by atoms with E-state index >= 15 is 0 Å². The summed E-state index contributed by atoms with van der Waals surface area (Å²) in [5, 5.41) is 3.24. The highest BCUT2D eigenvalue weighted by Crippen LogP contribution is 2.36. The molecule has 0 aromatic heterocycles. The summed E-state index contributed by atoms with van der Waals surface area (Å²) in [6, 6.07) is 8.22. The highest BCUT2D eigenvalue weighted by Gasteiger charge is 2.40. The largest absolute Gasteiger partial charge is 0.497 e. The lowest BCUT2D eigenvalue weighted by Crippen LogP contribution is -2.54. The number of ether oxygens (including phenoxy) is 2. The molecule has 1 aliphatic heterocycles. The van der Waals surface area contributed by atoms with Gasteiger partial charge >= 0.3 is 0 Å². The second-order valence-corrected chi connectivity index (χ2v) is 8.14. The Morgan fingerprint density at radius 2 is 1.92 bits per heavy atom. The van der Waals surface area contributed by atoms with Crippen LogP contribution in [0.25, 0.3) is 0 Å². The summed E-state index contributed by atoms with van der Waals surface area (Å²) < 4.78 is 10.9. The van der Waals surface area contributed by atoms with E-state index in [1.165, 1.54) is 5.56 Å². The summed E-state index contributed by atoms with van der Waals surface area (Å²) >= 11 is 0. The van der Waals surface area contributed by atoms with Gasteiger partial charge in [0.05, 0.1) is 13.0 Å². The zero-order valence-corrected chi connectivity index (χ0v) is 16.1. The van der Waals surface area contributed by atoms with Crippen LogP contribution in [0.2, 0.25) is 0 Å². The maximum absolute atomic E-state index is 12.9. The molecule has 26 heavy (non-hydrogen) atoms. The number of benzene rings is 1. The Bertz CT molecular complexity index is 606. The molecular weight excluding hydrogens is 328 g/mol. The highest BCUT2D eigenvalue weighted by atomic mass is 16.5. The minimum atomic E-state index is -0.398. The smallest absolute Gasteiger partial charge is 0.224 e. The molecule has 1 aromatic rings. The van der Waals surface area contributed by atoms with Crippen LogP contribution in [0.1, 0.15) is 51.0 Å². The Morgan fingerprint density at radius 3 is 2.54 bits per heavy atom. The lowest BCUT2D eigenvalue weighted by atomic mass is 9.72. The molecule has 1 saturated heterocycles. The molecule has 5 nitrogen and oxygen atoms in total. The van der Waals surface area contributed by atoms with Gasteiger partial charge in [0.15, 0.2) is 0 Å². The molecule has 2 unspecified atom stereocenters. The lowest BCUT2D eigenvalue weighted by Gasteiger charge is -2.40. The van der Waals surface area contributed by atoms with Gasteiger partial charge in [0, 0.05) is 30.7 Å². The van der Waals surface area contributed by atoms with Crippen molar-refractivity contribution in [2.24, 2.45) is 11.7 Å². The van der Waals surface area contributed by atoms with E-state index in [4.69, 9.17) is 15.2 Å². The Morgan fingerprint density at radius 1 is 1.23 bits per heavy atom. The number of carbonyl (C=O) groups excluding carboxylic acids is 1. The van der Waals surface area contributed by atoms with Crippen molar-refractivity contribution >= 4 is 5.91 Å². The number of rotatable bonds is 5. The average Bonchev–Trinajstić information content (AvgIpc) is 2.66. The monoisotopic (exact) mass is 360 g/mol. The first kappa shape index (κ1) is 19.2. The third-order valence-electron chi connectivity index (χ3n) is 6.32. The first-order valence-electron chi connectivity index (χ1n) is 9.76. The van der Waals surface area contributed by atoms with Crippen molar-refractivity contribution < 1.29 is 14.3 Å². The molecule has 0 radical (unpaired) electrons. The zero-order valence-electron chi connectivity index (χ0n) is 16.1. The summed E-state index contributed by atoms with van der Waals surface area (Å²) in [4.78, 5) is 12.9. The van der Waals surface area contributed by atoms with Crippen molar-refractivity contribution in [3.8, 4) is 5.75 Å². The van der Waals surface area contributed by atoms with E-state index in [-0.39, 0.29) is 17.2 Å². The topological polar surface area (TPSA) is 73.6 Å². The molecular formula is C21H32N2O3. The molecule has 2 fully saturated rings. The van der Waals surface area contributed by atoms with Gasteiger partial charge in [-0.1, -0.05) is 25.0 Å². The van der Waals surface area contributed by atoms with Crippen LogP contribution in [-0.4, -0.2) is 38.3 Å². The summed E-state index contributed by atoms with van der Waals surface area (Å²) in [5.74, 6) is 0.860. The van der Waals surface area contributed by atoms with E-state index in [0.717, 1.165) is 57.5 Å². The number of hydrogen-bond donors (Lipinski definition) is 2. The number of methoxy groups -OCH3 is 1. The van der Waals surface area contributed by atoms with Crippen molar-refractivity contribution in [2.45, 2.75) is 56.4 Å². The van der Waals surface area contributed by atoms with Gasteiger partial charge in [0.1, 0.15) is 5.75 Å². The number of nitrogens with two attached hydrogens (primary N) is 1. The zero-order chi connectivity index (χ0) is 18.6. The predicted octanol–water partition coefficient (Wildman–Crippen LogP) is 2.77. The second kappa shape index (κ2) is 7.97. The molecule has 2 atom stereocenters. The van der Waals surface area contributed by atoms with Crippen LogP contribution in [0.15, 0.2) is 24.3 Å². The van der Waals surface area contributed by atoms with Crippen LogP contribution in [0.4, 0.5) is 0 Å². The number of hydrogen-bond acceptors (Lipinski definition) is 4. The van der Waals surface area contributed by atoms with Crippen LogP contribution < -0.4 is 15.8 Å². The second-order valence-electron chi connectivity index (χ2n) is 8.14. The van der Waals surface area contributed by atoms with Crippen LogP contribution in [0.5, 0.6) is 5.75 Å². The molecule has 1 aromatic carbocycles. The lowest BCUT2D eigenvalue weighted by molar-refractivity contribution is -0.128. The van der Waals surface area contributed by atoms with Gasteiger partial charge in [-0.2, -0.15) is 0 Å². The van der Waals surface area contributed by atoms with Crippen LogP contribution in [0.3, 0.4) is 0 Å². The SMILES string of the molecule is COc1ccc(C2(CNC(=O)C3CCCCC3(C)N)CCOCC2)cc1. The van der Waals surface area contributed by atoms with Gasteiger partial charge in [-0.25, -0.2) is 0 Å². The molecule has 1 heterocycles. The molecule has 1 saturated carbocycles. The third kappa shape index (κ3) is 4.04. The molecule has 0 spiro atoms. The van der Waals surface area contributed by atoms with E-state index in [1.54, 1.807) is 7.11 Å². The molecule has 0 bridgehead atoms. The van der Waals surface area contributed by atoms with Gasteiger partial charge in [-0.3, -0.25) is 4.79 Å². The van der Waals surface area contributed by atoms with Crippen LogP contribution in [0, 0.1) is 5.92 Å². The van der Waals surface area contributed by atoms with Gasteiger partial charge in [0.25, 0.3) is 0 Å². The summed E-state index contributed by atoms with van der Waals surface area (Å²) in [7, 11) is 1.67. The fourth-order valence-corrected chi connectivity index (χ4v) is 4.44. The Hall–Kier alpha value is -1.59. The Labute approximate surface area is 156 Å². The Kier molecular flexibility index (Phi) is 5.88. The number of carbonyl (C=O) groups is 1. The van der Waals surface area contributed by atoms with Crippen molar-refractivity contribution in [2.75, 3.05) is 26.9 Å². The summed E-state index contributed by atoms with van der Waals surface area (Å²) in [6.45, 7) is 4.10.